The molecule has 0 aliphatic carbocycles. The molecule has 0 saturated heterocycles. The summed E-state index contributed by atoms with van der Waals surface area (Å²) in [5.41, 5.74) is 8.51. The summed E-state index contributed by atoms with van der Waals surface area (Å²) >= 11 is 12.3. The minimum Gasteiger partial charge on any atom is -0.383 e. The minimum absolute atomic E-state index is 0.396. The van der Waals surface area contributed by atoms with Crippen molar-refractivity contribution in [2.45, 2.75) is 6.54 Å². The Balaban J connectivity index is 1.82. The van der Waals surface area contributed by atoms with E-state index in [0.29, 0.717) is 39.3 Å². The molecule has 0 saturated carbocycles. The molecule has 7 heteroatoms. The van der Waals surface area contributed by atoms with Crippen LogP contribution in [0.4, 0.5) is 5.82 Å². The SMILES string of the molecule is Nc1nc(-c2ccccc2)nc2c1cnn2Cc1cc(Cl)ccc1Cl. The van der Waals surface area contributed by atoms with Gasteiger partial charge < -0.3 is 5.73 Å². The number of aromatic nitrogens is 4. The number of nitrogens with two attached hydrogens (primary N) is 1. The normalized spacial score (nSPS) is 11.1. The van der Waals surface area contributed by atoms with E-state index in [9.17, 15) is 0 Å². The van der Waals surface area contributed by atoms with Crippen LogP contribution >= 0.6 is 23.2 Å². The molecule has 0 radical (unpaired) electrons. The van der Waals surface area contributed by atoms with Crippen molar-refractivity contribution in [2.24, 2.45) is 0 Å². The molecular weight excluding hydrogens is 357 g/mol. The van der Waals surface area contributed by atoms with Crippen molar-refractivity contribution in [3.8, 4) is 11.4 Å². The smallest absolute Gasteiger partial charge is 0.164 e. The highest BCUT2D eigenvalue weighted by Gasteiger charge is 2.13. The summed E-state index contributed by atoms with van der Waals surface area (Å²) < 4.78 is 1.75. The Bertz CT molecular complexity index is 1060. The number of hydrogen-bond donors (Lipinski definition) is 1. The van der Waals surface area contributed by atoms with E-state index in [1.54, 1.807) is 23.0 Å². The largest absolute Gasteiger partial charge is 0.383 e. The van der Waals surface area contributed by atoms with Gasteiger partial charge in [-0.2, -0.15) is 5.10 Å². The Morgan fingerprint density at radius 1 is 1.00 bits per heavy atom. The molecule has 0 aliphatic rings. The van der Waals surface area contributed by atoms with Crippen molar-refractivity contribution in [3.05, 3.63) is 70.3 Å². The maximum absolute atomic E-state index is 6.27. The highest BCUT2D eigenvalue weighted by atomic mass is 35.5. The maximum atomic E-state index is 6.27. The molecule has 0 bridgehead atoms. The molecule has 2 heterocycles. The molecule has 5 nitrogen and oxygen atoms in total. The molecule has 0 amide bonds. The van der Waals surface area contributed by atoms with Crippen LogP contribution in [0.1, 0.15) is 5.56 Å². The first kappa shape index (κ1) is 15.9. The fourth-order valence-electron chi connectivity index (χ4n) is 2.64. The van der Waals surface area contributed by atoms with Gasteiger partial charge in [0.15, 0.2) is 11.5 Å². The Hall–Kier alpha value is -2.63. The summed E-state index contributed by atoms with van der Waals surface area (Å²) in [6.45, 7) is 0.438. The van der Waals surface area contributed by atoms with Crippen LogP contribution in [0.2, 0.25) is 10.0 Å². The Labute approximate surface area is 154 Å². The van der Waals surface area contributed by atoms with E-state index in [1.165, 1.54) is 0 Å². The second kappa shape index (κ2) is 6.35. The van der Waals surface area contributed by atoms with Gasteiger partial charge in [-0.25, -0.2) is 14.6 Å². The van der Waals surface area contributed by atoms with Crippen LogP contribution in [0.25, 0.3) is 22.4 Å². The molecule has 2 N–H and O–H groups in total. The number of nitrogen functional groups attached to an aromatic ring is 1. The van der Waals surface area contributed by atoms with Crippen molar-refractivity contribution in [1.29, 1.82) is 0 Å². The van der Waals surface area contributed by atoms with Gasteiger partial charge in [0.25, 0.3) is 0 Å². The molecule has 4 rings (SSSR count). The quantitative estimate of drug-likeness (QED) is 0.579. The van der Waals surface area contributed by atoms with Gasteiger partial charge in [0, 0.05) is 15.6 Å². The number of fused-ring (bicyclic) bond motifs is 1. The average Bonchev–Trinajstić information content (AvgIpc) is 3.02. The summed E-state index contributed by atoms with van der Waals surface area (Å²) in [6.07, 6.45) is 1.66. The molecule has 4 aromatic rings. The number of nitrogens with zero attached hydrogens (tertiary/aromatic N) is 4. The Morgan fingerprint density at radius 3 is 2.60 bits per heavy atom. The standard InChI is InChI=1S/C18H13Cl2N5/c19-13-6-7-15(20)12(8-13)10-25-18-14(9-22-25)16(21)23-17(24-18)11-4-2-1-3-5-11/h1-9H,10H2,(H2,21,23,24). The third kappa shape index (κ3) is 3.04. The number of benzene rings is 2. The van der Waals surface area contributed by atoms with E-state index in [0.717, 1.165) is 11.1 Å². The van der Waals surface area contributed by atoms with Crippen LogP contribution in [0.15, 0.2) is 54.7 Å². The Kier molecular flexibility index (Phi) is 4.03. The van der Waals surface area contributed by atoms with Crippen LogP contribution < -0.4 is 5.73 Å². The fourth-order valence-corrected chi connectivity index (χ4v) is 3.01. The predicted molar refractivity (Wildman–Crippen MR) is 101 cm³/mol. The molecular formula is C18H13Cl2N5. The van der Waals surface area contributed by atoms with Gasteiger partial charge in [-0.05, 0) is 23.8 Å². The molecule has 25 heavy (non-hydrogen) atoms. The first-order valence-corrected chi connectivity index (χ1v) is 8.36. The van der Waals surface area contributed by atoms with Crippen LogP contribution in [-0.2, 0) is 6.54 Å². The van der Waals surface area contributed by atoms with Gasteiger partial charge in [0.1, 0.15) is 5.82 Å². The number of hydrogen-bond acceptors (Lipinski definition) is 4. The van der Waals surface area contributed by atoms with E-state index < -0.39 is 0 Å². The maximum Gasteiger partial charge on any atom is 0.164 e. The van der Waals surface area contributed by atoms with Crippen LogP contribution in [0.5, 0.6) is 0 Å². The summed E-state index contributed by atoms with van der Waals surface area (Å²) in [7, 11) is 0. The zero-order valence-corrected chi connectivity index (χ0v) is 14.5. The minimum atomic E-state index is 0.396. The van der Waals surface area contributed by atoms with Gasteiger partial charge in [0.05, 0.1) is 18.1 Å². The lowest BCUT2D eigenvalue weighted by atomic mass is 10.2. The third-order valence-electron chi connectivity index (χ3n) is 3.89. The summed E-state index contributed by atoms with van der Waals surface area (Å²) in [6, 6.07) is 15.0. The molecule has 0 atom stereocenters. The lowest BCUT2D eigenvalue weighted by Gasteiger charge is -2.08. The van der Waals surface area contributed by atoms with Gasteiger partial charge in [-0.15, -0.1) is 0 Å². The van der Waals surface area contributed by atoms with E-state index >= 15 is 0 Å². The molecule has 124 valence electrons. The highest BCUT2D eigenvalue weighted by Crippen LogP contribution is 2.25. The van der Waals surface area contributed by atoms with E-state index in [-0.39, 0.29) is 0 Å². The molecule has 0 fully saturated rings. The van der Waals surface area contributed by atoms with E-state index in [1.807, 2.05) is 36.4 Å². The monoisotopic (exact) mass is 369 g/mol. The van der Waals surface area contributed by atoms with Gasteiger partial charge in [-0.1, -0.05) is 53.5 Å². The molecule has 2 aromatic heterocycles. The van der Waals surface area contributed by atoms with Crippen molar-refractivity contribution in [1.82, 2.24) is 19.7 Å². The van der Waals surface area contributed by atoms with Crippen molar-refractivity contribution < 1.29 is 0 Å². The van der Waals surface area contributed by atoms with Crippen LogP contribution in [0.3, 0.4) is 0 Å². The number of anilines is 1. The number of rotatable bonds is 3. The molecule has 0 spiro atoms. The Morgan fingerprint density at radius 2 is 1.80 bits per heavy atom. The summed E-state index contributed by atoms with van der Waals surface area (Å²) in [5, 5.41) is 6.34. The zero-order valence-electron chi connectivity index (χ0n) is 13.0. The second-order valence-corrected chi connectivity index (χ2v) is 6.42. The topological polar surface area (TPSA) is 69.6 Å². The zero-order chi connectivity index (χ0) is 17.4. The second-order valence-electron chi connectivity index (χ2n) is 5.57. The summed E-state index contributed by atoms with van der Waals surface area (Å²) in [5.74, 6) is 0.955. The predicted octanol–water partition coefficient (Wildman–Crippen LogP) is 4.43. The first-order chi connectivity index (χ1) is 12.1. The lowest BCUT2D eigenvalue weighted by Crippen LogP contribution is -2.05. The third-order valence-corrected chi connectivity index (χ3v) is 4.49. The van der Waals surface area contributed by atoms with Crippen LogP contribution in [0, 0.1) is 0 Å². The van der Waals surface area contributed by atoms with Crippen molar-refractivity contribution in [3.63, 3.8) is 0 Å². The fraction of sp³-hybridized carbons (Fsp3) is 0.0556. The van der Waals surface area contributed by atoms with Crippen molar-refractivity contribution in [2.75, 3.05) is 5.73 Å². The van der Waals surface area contributed by atoms with Crippen molar-refractivity contribution >= 4 is 40.1 Å². The van der Waals surface area contributed by atoms with Crippen LogP contribution in [-0.4, -0.2) is 19.7 Å². The molecule has 0 unspecified atom stereocenters. The van der Waals surface area contributed by atoms with Gasteiger partial charge >= 0.3 is 0 Å². The first-order valence-electron chi connectivity index (χ1n) is 7.60. The summed E-state index contributed by atoms with van der Waals surface area (Å²) in [4.78, 5) is 9.04. The average molecular weight is 370 g/mol. The lowest BCUT2D eigenvalue weighted by molar-refractivity contribution is 0.704. The molecule has 0 aliphatic heterocycles. The van der Waals surface area contributed by atoms with E-state index in [4.69, 9.17) is 28.9 Å². The number of halogens is 2. The molecule has 2 aromatic carbocycles. The van der Waals surface area contributed by atoms with Gasteiger partial charge in [0.2, 0.25) is 0 Å². The highest BCUT2D eigenvalue weighted by molar-refractivity contribution is 6.33. The van der Waals surface area contributed by atoms with E-state index in [2.05, 4.69) is 15.1 Å². The van der Waals surface area contributed by atoms with Gasteiger partial charge in [-0.3, -0.25) is 0 Å².